The standard InChI is InChI=1S/C19H30O3/c1-17-11-22-16(20)10-12(17)4-5-13-14(17)6-8-18(2)15(13)7-9-19(18,3)21/h12-15,21H,4-11H2,1-3H3/t12-,13+,14-,15-,17-,18+,19-/m0/s1. The Morgan fingerprint density at radius 2 is 1.77 bits per heavy atom. The molecule has 7 atom stereocenters. The summed E-state index contributed by atoms with van der Waals surface area (Å²) in [6.45, 7) is 7.38. The zero-order chi connectivity index (χ0) is 15.8. The third-order valence-corrected chi connectivity index (χ3v) is 8.58. The summed E-state index contributed by atoms with van der Waals surface area (Å²) in [6, 6.07) is 0. The zero-order valence-electron chi connectivity index (χ0n) is 14.2. The number of esters is 1. The van der Waals surface area contributed by atoms with Crippen LogP contribution in [0.2, 0.25) is 0 Å². The Labute approximate surface area is 133 Å². The van der Waals surface area contributed by atoms with Crippen LogP contribution in [0.3, 0.4) is 0 Å². The van der Waals surface area contributed by atoms with Gasteiger partial charge in [-0.2, -0.15) is 0 Å². The molecule has 4 aliphatic rings. The maximum absolute atomic E-state index is 11.7. The van der Waals surface area contributed by atoms with E-state index in [1.807, 2.05) is 0 Å². The van der Waals surface area contributed by atoms with Crippen molar-refractivity contribution in [3.05, 3.63) is 0 Å². The number of aliphatic hydroxyl groups is 1. The fourth-order valence-electron chi connectivity index (χ4n) is 6.83. The smallest absolute Gasteiger partial charge is 0.306 e. The van der Waals surface area contributed by atoms with Gasteiger partial charge in [0.25, 0.3) is 0 Å². The van der Waals surface area contributed by atoms with Gasteiger partial charge in [-0.05, 0) is 74.5 Å². The van der Waals surface area contributed by atoms with Gasteiger partial charge in [0.05, 0.1) is 12.2 Å². The molecule has 0 aromatic heterocycles. The van der Waals surface area contributed by atoms with Crippen LogP contribution in [-0.2, 0) is 9.53 Å². The monoisotopic (exact) mass is 306 g/mol. The fourth-order valence-corrected chi connectivity index (χ4v) is 6.83. The first-order valence-corrected chi connectivity index (χ1v) is 9.16. The average Bonchev–Trinajstić information content (AvgIpc) is 2.70. The van der Waals surface area contributed by atoms with Gasteiger partial charge in [0.15, 0.2) is 0 Å². The molecule has 0 unspecified atom stereocenters. The van der Waals surface area contributed by atoms with Gasteiger partial charge in [-0.15, -0.1) is 0 Å². The van der Waals surface area contributed by atoms with Crippen molar-refractivity contribution in [1.29, 1.82) is 0 Å². The van der Waals surface area contributed by atoms with Crippen LogP contribution in [0.25, 0.3) is 0 Å². The van der Waals surface area contributed by atoms with Crippen molar-refractivity contribution in [1.82, 2.24) is 0 Å². The second-order valence-corrected chi connectivity index (χ2v) is 9.29. The molecule has 3 saturated carbocycles. The van der Waals surface area contributed by atoms with E-state index in [0.717, 1.165) is 12.8 Å². The highest BCUT2D eigenvalue weighted by atomic mass is 16.5. The minimum Gasteiger partial charge on any atom is -0.465 e. The van der Waals surface area contributed by atoms with Gasteiger partial charge in [0, 0.05) is 11.8 Å². The average molecular weight is 306 g/mol. The van der Waals surface area contributed by atoms with Crippen LogP contribution < -0.4 is 0 Å². The number of fused-ring (bicyclic) bond motifs is 5. The molecule has 4 fully saturated rings. The molecule has 124 valence electrons. The van der Waals surface area contributed by atoms with Gasteiger partial charge >= 0.3 is 5.97 Å². The van der Waals surface area contributed by atoms with Crippen molar-refractivity contribution < 1.29 is 14.6 Å². The van der Waals surface area contributed by atoms with E-state index in [4.69, 9.17) is 4.74 Å². The Kier molecular flexibility index (Phi) is 3.06. The summed E-state index contributed by atoms with van der Waals surface area (Å²) in [5, 5.41) is 10.9. The van der Waals surface area contributed by atoms with E-state index in [9.17, 15) is 9.90 Å². The van der Waals surface area contributed by atoms with Crippen molar-refractivity contribution in [2.45, 2.75) is 71.3 Å². The summed E-state index contributed by atoms with van der Waals surface area (Å²) in [4.78, 5) is 11.7. The number of cyclic esters (lactones) is 1. The maximum Gasteiger partial charge on any atom is 0.306 e. The fraction of sp³-hybridized carbons (Fsp3) is 0.947. The summed E-state index contributed by atoms with van der Waals surface area (Å²) in [5.41, 5.74) is -0.241. The number of ether oxygens (including phenoxy) is 1. The number of carbonyl (C=O) groups excluding carboxylic acids is 1. The van der Waals surface area contributed by atoms with E-state index in [1.54, 1.807) is 0 Å². The minimum absolute atomic E-state index is 0.00497. The van der Waals surface area contributed by atoms with Gasteiger partial charge < -0.3 is 9.84 Å². The molecule has 1 heterocycles. The summed E-state index contributed by atoms with van der Waals surface area (Å²) in [7, 11) is 0. The van der Waals surface area contributed by atoms with Crippen LogP contribution in [0.4, 0.5) is 0 Å². The molecule has 0 bridgehead atoms. The van der Waals surface area contributed by atoms with Crippen LogP contribution in [0.15, 0.2) is 0 Å². The molecular formula is C19H30O3. The van der Waals surface area contributed by atoms with Crippen LogP contribution in [0, 0.1) is 34.5 Å². The zero-order valence-corrected chi connectivity index (χ0v) is 14.2. The lowest BCUT2D eigenvalue weighted by molar-refractivity contribution is -0.186. The molecule has 0 radical (unpaired) electrons. The Hall–Kier alpha value is -0.570. The molecule has 0 aromatic rings. The highest BCUT2D eigenvalue weighted by Gasteiger charge is 2.63. The summed E-state index contributed by atoms with van der Waals surface area (Å²) < 4.78 is 5.49. The largest absolute Gasteiger partial charge is 0.465 e. The lowest BCUT2D eigenvalue weighted by Gasteiger charge is -2.60. The second-order valence-electron chi connectivity index (χ2n) is 9.29. The molecule has 3 aliphatic carbocycles. The highest BCUT2D eigenvalue weighted by molar-refractivity contribution is 5.70. The molecule has 3 heteroatoms. The van der Waals surface area contributed by atoms with Crippen LogP contribution in [-0.4, -0.2) is 23.3 Å². The van der Waals surface area contributed by atoms with Gasteiger partial charge in [0.1, 0.15) is 0 Å². The van der Waals surface area contributed by atoms with Gasteiger partial charge in [0.2, 0.25) is 0 Å². The predicted octanol–water partition coefficient (Wildman–Crippen LogP) is 3.54. The van der Waals surface area contributed by atoms with Crippen molar-refractivity contribution in [3.8, 4) is 0 Å². The Morgan fingerprint density at radius 3 is 2.55 bits per heavy atom. The molecule has 22 heavy (non-hydrogen) atoms. The van der Waals surface area contributed by atoms with Gasteiger partial charge in [-0.25, -0.2) is 0 Å². The highest BCUT2D eigenvalue weighted by Crippen LogP contribution is 2.67. The molecule has 0 amide bonds. The van der Waals surface area contributed by atoms with Crippen molar-refractivity contribution in [2.75, 3.05) is 6.61 Å². The first-order valence-electron chi connectivity index (χ1n) is 9.16. The van der Waals surface area contributed by atoms with Crippen molar-refractivity contribution >= 4 is 5.97 Å². The van der Waals surface area contributed by atoms with Crippen molar-refractivity contribution in [2.24, 2.45) is 34.5 Å². The van der Waals surface area contributed by atoms with E-state index < -0.39 is 5.60 Å². The summed E-state index contributed by atoms with van der Waals surface area (Å²) in [5.74, 6) is 2.56. The molecule has 0 aromatic carbocycles. The number of rotatable bonds is 0. The number of carbonyl (C=O) groups is 1. The number of hydrogen-bond donors (Lipinski definition) is 1. The third-order valence-electron chi connectivity index (χ3n) is 8.58. The Morgan fingerprint density at radius 1 is 1.05 bits per heavy atom. The molecule has 4 rings (SSSR count). The first-order chi connectivity index (χ1) is 10.3. The van der Waals surface area contributed by atoms with E-state index in [2.05, 4.69) is 20.8 Å². The van der Waals surface area contributed by atoms with E-state index in [1.165, 1.54) is 25.7 Å². The quantitative estimate of drug-likeness (QED) is 0.696. The SMILES string of the molecule is C[C@]12COC(=O)C[C@@H]1CC[C@@H]1[C@@H]2CC[C@]2(C)[C@H]1CC[C@]2(C)O. The molecule has 1 aliphatic heterocycles. The third kappa shape index (κ3) is 1.75. The summed E-state index contributed by atoms with van der Waals surface area (Å²) in [6.07, 6.45) is 7.48. The molecule has 3 nitrogen and oxygen atoms in total. The molecular weight excluding hydrogens is 276 g/mol. The lowest BCUT2D eigenvalue weighted by Crippen LogP contribution is -2.57. The predicted molar refractivity (Wildman–Crippen MR) is 84.1 cm³/mol. The lowest BCUT2D eigenvalue weighted by atomic mass is 9.46. The van der Waals surface area contributed by atoms with Crippen LogP contribution in [0.1, 0.15) is 65.7 Å². The topological polar surface area (TPSA) is 46.5 Å². The van der Waals surface area contributed by atoms with E-state index >= 15 is 0 Å². The van der Waals surface area contributed by atoms with Gasteiger partial charge in [-0.3, -0.25) is 4.79 Å². The van der Waals surface area contributed by atoms with Crippen LogP contribution in [0.5, 0.6) is 0 Å². The minimum atomic E-state index is -0.501. The summed E-state index contributed by atoms with van der Waals surface area (Å²) >= 11 is 0. The van der Waals surface area contributed by atoms with Crippen molar-refractivity contribution in [3.63, 3.8) is 0 Å². The second kappa shape index (κ2) is 4.49. The van der Waals surface area contributed by atoms with E-state index in [0.29, 0.717) is 36.7 Å². The maximum atomic E-state index is 11.7. The molecule has 1 saturated heterocycles. The Balaban J connectivity index is 1.65. The van der Waals surface area contributed by atoms with Gasteiger partial charge in [-0.1, -0.05) is 13.8 Å². The number of hydrogen-bond acceptors (Lipinski definition) is 3. The van der Waals surface area contributed by atoms with E-state index in [-0.39, 0.29) is 16.8 Å². The van der Waals surface area contributed by atoms with Crippen LogP contribution >= 0.6 is 0 Å². The molecule has 1 N–H and O–H groups in total. The molecule has 0 spiro atoms. The normalized spacial score (nSPS) is 57.5. The Bertz CT molecular complexity index is 499. The first kappa shape index (κ1) is 15.0.